The van der Waals surface area contributed by atoms with E-state index in [1.165, 1.54) is 24.3 Å². The van der Waals surface area contributed by atoms with E-state index in [9.17, 15) is 20.0 Å². The minimum Gasteiger partial charge on any atom is -0.481 e. The van der Waals surface area contributed by atoms with Gasteiger partial charge in [0, 0.05) is 12.1 Å². The zero-order valence-corrected chi connectivity index (χ0v) is 11.5. The van der Waals surface area contributed by atoms with Crippen LogP contribution in [0.4, 0.5) is 5.69 Å². The third kappa shape index (κ3) is 3.25. The molecule has 2 aromatic carbocycles. The van der Waals surface area contributed by atoms with Crippen LogP contribution in [-0.4, -0.2) is 16.0 Å². The number of carboxylic acid groups (broad SMARTS) is 1. The van der Waals surface area contributed by atoms with Gasteiger partial charge in [0.05, 0.1) is 10.8 Å². The number of carboxylic acids is 1. The maximum atomic E-state index is 11.6. The zero-order chi connectivity index (χ0) is 15.4. The van der Waals surface area contributed by atoms with Crippen LogP contribution in [0.3, 0.4) is 0 Å². The summed E-state index contributed by atoms with van der Waals surface area (Å²) in [5.41, 5.74) is 1.43. The molecule has 0 fully saturated rings. The van der Waals surface area contributed by atoms with Gasteiger partial charge in [0.2, 0.25) is 0 Å². The molecule has 0 bridgehead atoms. The van der Waals surface area contributed by atoms with Crippen LogP contribution in [0.15, 0.2) is 54.6 Å². The molecule has 0 saturated heterocycles. The second-order valence-electron chi connectivity index (χ2n) is 4.86. The number of nitro groups is 1. The summed E-state index contributed by atoms with van der Waals surface area (Å²) in [5.74, 6) is -1.92. The molecule has 0 heterocycles. The fraction of sp³-hybridized carbons (Fsp3) is 0.188. The number of nitro benzene ring substituents is 1. The number of non-ortho nitro benzene ring substituents is 1. The zero-order valence-electron chi connectivity index (χ0n) is 11.5. The van der Waals surface area contributed by atoms with Crippen molar-refractivity contribution in [3.05, 3.63) is 75.8 Å². The van der Waals surface area contributed by atoms with E-state index >= 15 is 0 Å². The Morgan fingerprint density at radius 3 is 2.10 bits per heavy atom. The van der Waals surface area contributed by atoms with Crippen molar-refractivity contribution in [2.24, 2.45) is 0 Å². The summed E-state index contributed by atoms with van der Waals surface area (Å²) >= 11 is 0. The lowest BCUT2D eigenvalue weighted by molar-refractivity contribution is -0.384. The smallest absolute Gasteiger partial charge is 0.311 e. The van der Waals surface area contributed by atoms with E-state index in [4.69, 9.17) is 0 Å². The number of benzene rings is 2. The molecule has 21 heavy (non-hydrogen) atoms. The van der Waals surface area contributed by atoms with Gasteiger partial charge in [0.25, 0.3) is 5.69 Å². The Morgan fingerprint density at radius 2 is 1.62 bits per heavy atom. The Hall–Kier alpha value is -2.69. The van der Waals surface area contributed by atoms with Crippen LogP contribution in [0.25, 0.3) is 0 Å². The maximum absolute atomic E-state index is 11.6. The fourth-order valence-electron chi connectivity index (χ4n) is 2.40. The lowest BCUT2D eigenvalue weighted by Gasteiger charge is -2.21. The van der Waals surface area contributed by atoms with E-state index in [0.717, 1.165) is 5.56 Å². The molecule has 2 aromatic rings. The Balaban J connectivity index is 2.35. The van der Waals surface area contributed by atoms with Gasteiger partial charge in [0.1, 0.15) is 0 Å². The van der Waals surface area contributed by atoms with Crippen molar-refractivity contribution in [2.75, 3.05) is 0 Å². The first-order valence-electron chi connectivity index (χ1n) is 6.53. The summed E-state index contributed by atoms with van der Waals surface area (Å²) in [6.45, 7) is 1.84. The highest BCUT2D eigenvalue weighted by Crippen LogP contribution is 2.33. The second kappa shape index (κ2) is 6.17. The summed E-state index contributed by atoms with van der Waals surface area (Å²) in [6.07, 6.45) is 0. The molecule has 108 valence electrons. The molecule has 2 unspecified atom stereocenters. The first kappa shape index (κ1) is 14.7. The largest absolute Gasteiger partial charge is 0.481 e. The van der Waals surface area contributed by atoms with Crippen LogP contribution in [0.5, 0.6) is 0 Å². The van der Waals surface area contributed by atoms with Crippen molar-refractivity contribution in [3.63, 3.8) is 0 Å². The number of rotatable bonds is 5. The third-order valence-corrected chi connectivity index (χ3v) is 3.55. The molecule has 0 amide bonds. The molecule has 5 heteroatoms. The molecule has 0 saturated carbocycles. The predicted molar refractivity (Wildman–Crippen MR) is 78.3 cm³/mol. The summed E-state index contributed by atoms with van der Waals surface area (Å²) in [5, 5.41) is 20.2. The second-order valence-corrected chi connectivity index (χ2v) is 4.86. The molecule has 0 aliphatic heterocycles. The monoisotopic (exact) mass is 285 g/mol. The first-order chi connectivity index (χ1) is 10.0. The molecule has 0 radical (unpaired) electrons. The highest BCUT2D eigenvalue weighted by atomic mass is 16.6. The van der Waals surface area contributed by atoms with Crippen LogP contribution in [0.1, 0.15) is 29.9 Å². The molecule has 2 atom stereocenters. The standard InChI is InChI=1S/C16H15NO4/c1-11(12-5-3-2-4-6-12)15(16(18)19)13-7-9-14(10-8-13)17(20)21/h2-11,15H,1H3,(H,18,19). The van der Waals surface area contributed by atoms with Crippen molar-refractivity contribution >= 4 is 11.7 Å². The van der Waals surface area contributed by atoms with Crippen LogP contribution < -0.4 is 0 Å². The van der Waals surface area contributed by atoms with Crippen LogP contribution in [-0.2, 0) is 4.79 Å². The quantitative estimate of drug-likeness (QED) is 0.672. The molecule has 0 spiro atoms. The van der Waals surface area contributed by atoms with Gasteiger partial charge >= 0.3 is 5.97 Å². The third-order valence-electron chi connectivity index (χ3n) is 3.55. The highest BCUT2D eigenvalue weighted by Gasteiger charge is 2.28. The lowest BCUT2D eigenvalue weighted by Crippen LogP contribution is -2.18. The molecule has 5 nitrogen and oxygen atoms in total. The topological polar surface area (TPSA) is 80.4 Å². The van der Waals surface area contributed by atoms with Crippen molar-refractivity contribution in [1.29, 1.82) is 0 Å². The van der Waals surface area contributed by atoms with Crippen molar-refractivity contribution in [1.82, 2.24) is 0 Å². The average Bonchev–Trinajstić information content (AvgIpc) is 2.48. The predicted octanol–water partition coefficient (Wildman–Crippen LogP) is 3.57. The summed E-state index contributed by atoms with van der Waals surface area (Å²) in [6, 6.07) is 15.1. The minimum absolute atomic E-state index is 0.0461. The highest BCUT2D eigenvalue weighted by molar-refractivity contribution is 5.77. The van der Waals surface area contributed by atoms with Crippen LogP contribution in [0.2, 0.25) is 0 Å². The molecule has 0 aliphatic rings. The van der Waals surface area contributed by atoms with E-state index in [1.54, 1.807) is 0 Å². The summed E-state index contributed by atoms with van der Waals surface area (Å²) in [7, 11) is 0. The molecule has 0 aromatic heterocycles. The van der Waals surface area contributed by atoms with E-state index in [1.807, 2.05) is 37.3 Å². The molecular weight excluding hydrogens is 270 g/mol. The van der Waals surface area contributed by atoms with Gasteiger partial charge in [-0.05, 0) is 17.0 Å². The normalized spacial score (nSPS) is 13.4. The number of carbonyl (C=O) groups is 1. The van der Waals surface area contributed by atoms with Gasteiger partial charge < -0.3 is 5.11 Å². The molecule has 2 rings (SSSR count). The maximum Gasteiger partial charge on any atom is 0.311 e. The summed E-state index contributed by atoms with van der Waals surface area (Å²) < 4.78 is 0. The Bertz CT molecular complexity index is 637. The van der Waals surface area contributed by atoms with Gasteiger partial charge in [0.15, 0.2) is 0 Å². The minimum atomic E-state index is -0.944. The Labute approximate surface area is 122 Å². The van der Waals surface area contributed by atoms with E-state index < -0.39 is 16.8 Å². The lowest BCUT2D eigenvalue weighted by atomic mass is 9.83. The van der Waals surface area contributed by atoms with Crippen molar-refractivity contribution < 1.29 is 14.8 Å². The molecule has 1 N–H and O–H groups in total. The van der Waals surface area contributed by atoms with Crippen molar-refractivity contribution in [2.45, 2.75) is 18.8 Å². The number of hydrogen-bond acceptors (Lipinski definition) is 3. The Kier molecular flexibility index (Phi) is 4.33. The molecule has 0 aliphatic carbocycles. The van der Waals surface area contributed by atoms with Gasteiger partial charge in [-0.3, -0.25) is 14.9 Å². The van der Waals surface area contributed by atoms with Gasteiger partial charge in [-0.25, -0.2) is 0 Å². The fourth-order valence-corrected chi connectivity index (χ4v) is 2.40. The van der Waals surface area contributed by atoms with E-state index in [-0.39, 0.29) is 11.6 Å². The van der Waals surface area contributed by atoms with E-state index in [0.29, 0.717) is 5.56 Å². The van der Waals surface area contributed by atoms with E-state index in [2.05, 4.69) is 0 Å². The van der Waals surface area contributed by atoms with Crippen LogP contribution in [0, 0.1) is 10.1 Å². The number of nitrogens with zero attached hydrogens (tertiary/aromatic N) is 1. The van der Waals surface area contributed by atoms with Gasteiger partial charge in [-0.1, -0.05) is 49.4 Å². The number of hydrogen-bond donors (Lipinski definition) is 1. The Morgan fingerprint density at radius 1 is 1.05 bits per heavy atom. The molecular formula is C16H15NO4. The number of aliphatic carboxylic acids is 1. The average molecular weight is 285 g/mol. The first-order valence-corrected chi connectivity index (χ1v) is 6.53. The van der Waals surface area contributed by atoms with Gasteiger partial charge in [-0.2, -0.15) is 0 Å². The summed E-state index contributed by atoms with van der Waals surface area (Å²) in [4.78, 5) is 21.8. The van der Waals surface area contributed by atoms with Gasteiger partial charge in [-0.15, -0.1) is 0 Å². The van der Waals surface area contributed by atoms with Crippen LogP contribution >= 0.6 is 0 Å². The van der Waals surface area contributed by atoms with Crippen molar-refractivity contribution in [3.8, 4) is 0 Å². The SMILES string of the molecule is CC(c1ccccc1)C(C(=O)O)c1ccc([N+](=O)[O-])cc1.